The number of halogens is 1. The molecule has 0 saturated heterocycles. The van der Waals surface area contributed by atoms with Gasteiger partial charge in [-0.05, 0) is 36.2 Å². The summed E-state index contributed by atoms with van der Waals surface area (Å²) in [4.78, 5) is 16.1. The summed E-state index contributed by atoms with van der Waals surface area (Å²) in [5, 5.41) is 3.19. The van der Waals surface area contributed by atoms with Crippen LogP contribution >= 0.6 is 11.6 Å². The Kier molecular flexibility index (Phi) is 4.02. The quantitative estimate of drug-likeness (QED) is 0.846. The molecule has 0 radical (unpaired) electrons. The Hall–Kier alpha value is -2.07. The van der Waals surface area contributed by atoms with Crippen molar-refractivity contribution in [2.45, 2.75) is 13.5 Å². The lowest BCUT2D eigenvalue weighted by Gasteiger charge is -2.09. The smallest absolute Gasteiger partial charge is 0.253 e. The van der Waals surface area contributed by atoms with Gasteiger partial charge in [0.05, 0.1) is 16.3 Å². The maximum absolute atomic E-state index is 12.0. The fraction of sp³-hybridized carbons (Fsp3) is 0.143. The van der Waals surface area contributed by atoms with Crippen LogP contribution in [0, 0.1) is 6.92 Å². The molecule has 2 aromatic rings. The van der Waals surface area contributed by atoms with Gasteiger partial charge >= 0.3 is 0 Å². The number of nitrogen functional groups attached to an aromatic ring is 1. The molecule has 19 heavy (non-hydrogen) atoms. The van der Waals surface area contributed by atoms with Crippen LogP contribution in [0.15, 0.2) is 36.7 Å². The maximum atomic E-state index is 12.0. The number of carbonyl (C=O) groups is 1. The molecular weight excluding hydrogens is 262 g/mol. The van der Waals surface area contributed by atoms with E-state index in [1.165, 1.54) is 0 Å². The number of rotatable bonds is 3. The number of pyridine rings is 1. The van der Waals surface area contributed by atoms with Crippen molar-refractivity contribution in [1.29, 1.82) is 0 Å². The molecule has 0 aliphatic rings. The molecule has 0 aliphatic carbocycles. The lowest BCUT2D eigenvalue weighted by atomic mass is 10.1. The van der Waals surface area contributed by atoms with E-state index in [9.17, 15) is 4.79 Å². The number of aryl methyl sites for hydroxylation is 1. The third-order valence-corrected chi connectivity index (χ3v) is 3.21. The van der Waals surface area contributed by atoms with Gasteiger partial charge in [-0.2, -0.15) is 0 Å². The van der Waals surface area contributed by atoms with Crippen molar-refractivity contribution in [3.8, 4) is 0 Å². The minimum atomic E-state index is -0.247. The molecule has 0 atom stereocenters. The molecule has 0 bridgehead atoms. The average Bonchev–Trinajstić information content (AvgIpc) is 2.40. The normalized spacial score (nSPS) is 10.2. The molecule has 1 heterocycles. The standard InChI is InChI=1S/C14H14ClN3O/c1-9-5-6-17-7-10(9)8-18-14(19)11-3-2-4-12(15)13(11)16/h2-7H,8,16H2,1H3,(H,18,19). The summed E-state index contributed by atoms with van der Waals surface area (Å²) in [6.07, 6.45) is 3.45. The highest BCUT2D eigenvalue weighted by atomic mass is 35.5. The first-order valence-corrected chi connectivity index (χ1v) is 6.19. The van der Waals surface area contributed by atoms with E-state index in [0.29, 0.717) is 22.8 Å². The second-order valence-corrected chi connectivity index (χ2v) is 4.59. The van der Waals surface area contributed by atoms with E-state index < -0.39 is 0 Å². The molecule has 3 N–H and O–H groups in total. The molecular formula is C14H14ClN3O. The van der Waals surface area contributed by atoms with Gasteiger partial charge in [0, 0.05) is 18.9 Å². The molecule has 4 nitrogen and oxygen atoms in total. The SMILES string of the molecule is Cc1ccncc1CNC(=O)c1cccc(Cl)c1N. The highest BCUT2D eigenvalue weighted by Crippen LogP contribution is 2.22. The number of amides is 1. The summed E-state index contributed by atoms with van der Waals surface area (Å²) in [5.41, 5.74) is 8.50. The van der Waals surface area contributed by atoms with Crippen molar-refractivity contribution >= 4 is 23.2 Å². The Morgan fingerprint density at radius 2 is 2.21 bits per heavy atom. The summed E-state index contributed by atoms with van der Waals surface area (Å²) < 4.78 is 0. The van der Waals surface area contributed by atoms with Gasteiger partial charge in [0.25, 0.3) is 5.91 Å². The highest BCUT2D eigenvalue weighted by molar-refractivity contribution is 6.33. The van der Waals surface area contributed by atoms with Crippen molar-refractivity contribution < 1.29 is 4.79 Å². The predicted octanol–water partition coefficient (Wildman–Crippen LogP) is 2.56. The molecule has 0 unspecified atom stereocenters. The van der Waals surface area contributed by atoms with Crippen LogP contribution in [0.2, 0.25) is 5.02 Å². The van der Waals surface area contributed by atoms with Crippen molar-refractivity contribution in [3.05, 3.63) is 58.4 Å². The van der Waals surface area contributed by atoms with Gasteiger partial charge in [-0.15, -0.1) is 0 Å². The van der Waals surface area contributed by atoms with Gasteiger partial charge < -0.3 is 11.1 Å². The van der Waals surface area contributed by atoms with Crippen LogP contribution in [0.5, 0.6) is 0 Å². The molecule has 1 aromatic carbocycles. The summed E-state index contributed by atoms with van der Waals surface area (Å²) in [7, 11) is 0. The third kappa shape index (κ3) is 3.03. The fourth-order valence-corrected chi connectivity index (χ4v) is 1.86. The predicted molar refractivity (Wildman–Crippen MR) is 76.0 cm³/mol. The maximum Gasteiger partial charge on any atom is 0.253 e. The zero-order chi connectivity index (χ0) is 13.8. The Morgan fingerprint density at radius 1 is 1.42 bits per heavy atom. The van der Waals surface area contributed by atoms with Crippen molar-refractivity contribution in [2.24, 2.45) is 0 Å². The number of carbonyl (C=O) groups excluding carboxylic acids is 1. The first-order valence-electron chi connectivity index (χ1n) is 5.81. The van der Waals surface area contributed by atoms with Gasteiger partial charge in [-0.1, -0.05) is 17.7 Å². The van der Waals surface area contributed by atoms with Crippen LogP contribution < -0.4 is 11.1 Å². The Labute approximate surface area is 116 Å². The summed E-state index contributed by atoms with van der Waals surface area (Å²) in [6, 6.07) is 6.89. The van der Waals surface area contributed by atoms with E-state index >= 15 is 0 Å². The first-order chi connectivity index (χ1) is 9.09. The number of benzene rings is 1. The van der Waals surface area contributed by atoms with Gasteiger partial charge in [0.2, 0.25) is 0 Å². The Bertz CT molecular complexity index is 613. The van der Waals surface area contributed by atoms with E-state index in [-0.39, 0.29) is 5.91 Å². The number of nitrogens with zero attached hydrogens (tertiary/aromatic N) is 1. The molecule has 98 valence electrons. The first kappa shape index (κ1) is 13.4. The molecule has 0 fully saturated rings. The summed E-state index contributed by atoms with van der Waals surface area (Å²) in [5.74, 6) is -0.247. The zero-order valence-corrected chi connectivity index (χ0v) is 11.2. The number of hydrogen-bond acceptors (Lipinski definition) is 3. The van der Waals surface area contributed by atoms with Crippen LogP contribution in [-0.4, -0.2) is 10.9 Å². The van der Waals surface area contributed by atoms with Gasteiger partial charge in [-0.25, -0.2) is 0 Å². The van der Waals surface area contributed by atoms with E-state index in [4.69, 9.17) is 17.3 Å². The van der Waals surface area contributed by atoms with Crippen LogP contribution in [0.1, 0.15) is 21.5 Å². The van der Waals surface area contributed by atoms with Gasteiger partial charge in [0.15, 0.2) is 0 Å². The Balaban J connectivity index is 2.10. The molecule has 0 aliphatic heterocycles. The topological polar surface area (TPSA) is 68.0 Å². The number of hydrogen-bond donors (Lipinski definition) is 2. The van der Waals surface area contributed by atoms with Crippen molar-refractivity contribution in [3.63, 3.8) is 0 Å². The number of aromatic nitrogens is 1. The van der Waals surface area contributed by atoms with Crippen molar-refractivity contribution in [2.75, 3.05) is 5.73 Å². The van der Waals surface area contributed by atoms with Crippen molar-refractivity contribution in [1.82, 2.24) is 10.3 Å². The number of nitrogens with two attached hydrogens (primary N) is 1. The van der Waals surface area contributed by atoms with Crippen LogP contribution in [-0.2, 0) is 6.54 Å². The lowest BCUT2D eigenvalue weighted by molar-refractivity contribution is 0.0951. The molecule has 1 amide bonds. The molecule has 1 aromatic heterocycles. The second kappa shape index (κ2) is 5.71. The third-order valence-electron chi connectivity index (χ3n) is 2.88. The largest absolute Gasteiger partial charge is 0.397 e. The minimum absolute atomic E-state index is 0.247. The molecule has 0 saturated carbocycles. The van der Waals surface area contributed by atoms with E-state index in [0.717, 1.165) is 11.1 Å². The highest BCUT2D eigenvalue weighted by Gasteiger charge is 2.11. The Morgan fingerprint density at radius 3 is 2.95 bits per heavy atom. The van der Waals surface area contributed by atoms with Crippen LogP contribution in [0.4, 0.5) is 5.69 Å². The lowest BCUT2D eigenvalue weighted by Crippen LogP contribution is -2.24. The zero-order valence-electron chi connectivity index (χ0n) is 10.5. The monoisotopic (exact) mass is 275 g/mol. The molecule has 2 rings (SSSR count). The summed E-state index contributed by atoms with van der Waals surface area (Å²) in [6.45, 7) is 2.38. The van der Waals surface area contributed by atoms with E-state index in [1.807, 2.05) is 13.0 Å². The number of anilines is 1. The minimum Gasteiger partial charge on any atom is -0.397 e. The van der Waals surface area contributed by atoms with E-state index in [2.05, 4.69) is 10.3 Å². The van der Waals surface area contributed by atoms with Gasteiger partial charge in [0.1, 0.15) is 0 Å². The molecule has 5 heteroatoms. The van der Waals surface area contributed by atoms with Crippen LogP contribution in [0.25, 0.3) is 0 Å². The van der Waals surface area contributed by atoms with E-state index in [1.54, 1.807) is 30.6 Å². The van der Waals surface area contributed by atoms with Crippen LogP contribution in [0.3, 0.4) is 0 Å². The number of nitrogens with one attached hydrogen (secondary N) is 1. The summed E-state index contributed by atoms with van der Waals surface area (Å²) >= 11 is 5.89. The fourth-order valence-electron chi connectivity index (χ4n) is 1.69. The second-order valence-electron chi connectivity index (χ2n) is 4.19. The molecule has 0 spiro atoms. The van der Waals surface area contributed by atoms with Gasteiger partial charge in [-0.3, -0.25) is 9.78 Å². The number of para-hydroxylation sites is 1. The average molecular weight is 276 g/mol.